The molecule has 54 heavy (non-hydrogen) atoms. The molecule has 7 rings (SSSR count). The van der Waals surface area contributed by atoms with Crippen LogP contribution in [0.2, 0.25) is 0 Å². The quantitative estimate of drug-likeness (QED) is 0.207. The van der Waals surface area contributed by atoms with Crippen LogP contribution in [-0.2, 0) is 34.8 Å². The number of ketones is 2. The standard InChI is InChI=1S/C40H53NO13/c1-7-40(48)16-15-22-31(37(47)33-32(35(22)45)36(46)30-21(34(33)44)9-8-10-25(30)43)39(40)54-29-17-23(41(5)6)38(20(4)51-29)53-28-14-12-26(19(3)50-28)52-27-13-11-24(42)18(2)49-27/h8-10,18-20,23-24,26-29,38-39,42-43,45,47-48H,7,11-17H2,1-6H3/t18-,19+,20+,23-,24-,26+,27-,28+,29-,38-,39-,40-/m1/s1. The average Bonchev–Trinajstić information content (AvgIpc) is 3.13. The maximum atomic E-state index is 13.8. The largest absolute Gasteiger partial charge is 0.507 e. The second kappa shape index (κ2) is 15.1. The highest BCUT2D eigenvalue weighted by Crippen LogP contribution is 2.54. The van der Waals surface area contributed by atoms with E-state index >= 15 is 0 Å². The monoisotopic (exact) mass is 755 g/mol. The van der Waals surface area contributed by atoms with Crippen molar-refractivity contribution in [1.82, 2.24) is 4.90 Å². The molecular formula is C40H53NO13. The lowest BCUT2D eigenvalue weighted by molar-refractivity contribution is -0.319. The van der Waals surface area contributed by atoms with E-state index < -0.39 is 83.3 Å². The molecular weight excluding hydrogens is 702 g/mol. The highest BCUT2D eigenvalue weighted by Gasteiger charge is 2.51. The Kier molecular flexibility index (Phi) is 10.9. The van der Waals surface area contributed by atoms with Crippen molar-refractivity contribution in [1.29, 1.82) is 0 Å². The van der Waals surface area contributed by atoms with Gasteiger partial charge in [-0.15, -0.1) is 0 Å². The molecule has 5 aliphatic rings. The SMILES string of the molecule is CC[C@@]1(O)CCc2c(O)c3c(c(O)c2[C@H]1O[C@@H]1C[C@@H](N(C)C)[C@H](O[C@H]2CC[C@H](O[C@@H]4CC[C@@H](O)[C@@H](C)O4)[C@H](C)O2)[C@H](C)O1)C(=O)c1cccc(O)c1C3=O. The van der Waals surface area contributed by atoms with Gasteiger partial charge in [-0.05, 0) is 73.0 Å². The fourth-order valence-electron chi connectivity index (χ4n) is 8.88. The fraction of sp³-hybridized carbons (Fsp3) is 0.650. The maximum Gasteiger partial charge on any atom is 0.202 e. The molecule has 14 heteroatoms. The van der Waals surface area contributed by atoms with Crippen molar-refractivity contribution < 1.29 is 63.5 Å². The van der Waals surface area contributed by atoms with Gasteiger partial charge < -0.3 is 58.9 Å². The number of hydrogen-bond donors (Lipinski definition) is 5. The molecule has 12 atom stereocenters. The van der Waals surface area contributed by atoms with Crippen LogP contribution in [0.5, 0.6) is 17.2 Å². The molecule has 3 fully saturated rings. The van der Waals surface area contributed by atoms with Crippen LogP contribution >= 0.6 is 0 Å². The number of benzene rings is 2. The summed E-state index contributed by atoms with van der Waals surface area (Å²) >= 11 is 0. The first-order valence-electron chi connectivity index (χ1n) is 19.1. The molecule has 3 heterocycles. The van der Waals surface area contributed by atoms with E-state index in [4.69, 9.17) is 28.4 Å². The first-order chi connectivity index (χ1) is 25.6. The zero-order valence-electron chi connectivity index (χ0n) is 31.7. The lowest BCUT2D eigenvalue weighted by atomic mass is 9.71. The molecule has 0 radical (unpaired) electrons. The van der Waals surface area contributed by atoms with Crippen LogP contribution in [0, 0.1) is 0 Å². The Hall–Kier alpha value is -3.18. The highest BCUT2D eigenvalue weighted by atomic mass is 16.7. The van der Waals surface area contributed by atoms with Crippen molar-refractivity contribution in [2.75, 3.05) is 14.1 Å². The van der Waals surface area contributed by atoms with E-state index in [1.165, 1.54) is 18.2 Å². The van der Waals surface area contributed by atoms with Crippen LogP contribution in [0.1, 0.15) is 122 Å². The predicted octanol–water partition coefficient (Wildman–Crippen LogP) is 3.97. The van der Waals surface area contributed by atoms with Gasteiger partial charge in [0.1, 0.15) is 29.5 Å². The first-order valence-corrected chi connectivity index (χ1v) is 19.1. The smallest absolute Gasteiger partial charge is 0.202 e. The zero-order valence-corrected chi connectivity index (χ0v) is 31.7. The molecule has 296 valence electrons. The predicted molar refractivity (Wildman–Crippen MR) is 191 cm³/mol. The molecule has 2 aromatic carbocycles. The van der Waals surface area contributed by atoms with E-state index in [9.17, 15) is 35.1 Å². The fourth-order valence-corrected chi connectivity index (χ4v) is 8.88. The maximum absolute atomic E-state index is 13.8. The number of aliphatic hydroxyl groups excluding tert-OH is 1. The third-order valence-corrected chi connectivity index (χ3v) is 12.1. The summed E-state index contributed by atoms with van der Waals surface area (Å²) in [6.07, 6.45) is -1.92. The minimum atomic E-state index is -1.51. The average molecular weight is 756 g/mol. The molecule has 3 aliphatic heterocycles. The van der Waals surface area contributed by atoms with Crippen molar-refractivity contribution in [2.24, 2.45) is 0 Å². The van der Waals surface area contributed by atoms with Crippen molar-refractivity contribution in [3.05, 3.63) is 51.6 Å². The van der Waals surface area contributed by atoms with Gasteiger partial charge in [-0.25, -0.2) is 0 Å². The van der Waals surface area contributed by atoms with Gasteiger partial charge in [-0.2, -0.15) is 0 Å². The molecule has 0 amide bonds. The third kappa shape index (κ3) is 6.83. The number of ether oxygens (including phenoxy) is 6. The summed E-state index contributed by atoms with van der Waals surface area (Å²) in [6, 6.07) is 3.87. The minimum absolute atomic E-state index is 0.0354. The lowest BCUT2D eigenvalue weighted by Gasteiger charge is -2.48. The summed E-state index contributed by atoms with van der Waals surface area (Å²) in [5.74, 6) is -2.95. The van der Waals surface area contributed by atoms with Gasteiger partial charge in [-0.1, -0.05) is 19.1 Å². The summed E-state index contributed by atoms with van der Waals surface area (Å²) in [5.41, 5.74) is -2.39. The normalized spacial score (nSPS) is 36.8. The molecule has 0 unspecified atom stereocenters. The number of phenolic OH excluding ortho intramolecular Hbond substituents is 3. The van der Waals surface area contributed by atoms with E-state index in [1.807, 2.05) is 39.8 Å². The van der Waals surface area contributed by atoms with Gasteiger partial charge >= 0.3 is 0 Å². The van der Waals surface area contributed by atoms with Gasteiger partial charge in [-0.3, -0.25) is 9.59 Å². The number of rotatable bonds is 8. The van der Waals surface area contributed by atoms with Crippen molar-refractivity contribution in [3.63, 3.8) is 0 Å². The molecule has 2 aliphatic carbocycles. The molecule has 0 spiro atoms. The molecule has 0 aromatic heterocycles. The molecule has 2 aromatic rings. The van der Waals surface area contributed by atoms with Gasteiger partial charge in [0.25, 0.3) is 0 Å². The van der Waals surface area contributed by atoms with Gasteiger partial charge in [0, 0.05) is 42.0 Å². The number of phenols is 3. The molecule has 3 saturated heterocycles. The van der Waals surface area contributed by atoms with E-state index in [0.29, 0.717) is 32.1 Å². The van der Waals surface area contributed by atoms with E-state index in [-0.39, 0.29) is 71.4 Å². The molecule has 14 nitrogen and oxygen atoms in total. The van der Waals surface area contributed by atoms with Crippen molar-refractivity contribution in [3.8, 4) is 17.2 Å². The van der Waals surface area contributed by atoms with Crippen LogP contribution in [0.3, 0.4) is 0 Å². The minimum Gasteiger partial charge on any atom is -0.507 e. The number of fused-ring (bicyclic) bond motifs is 3. The summed E-state index contributed by atoms with van der Waals surface area (Å²) in [6.45, 7) is 7.45. The topological polar surface area (TPSA) is 194 Å². The van der Waals surface area contributed by atoms with Gasteiger partial charge in [0.2, 0.25) is 5.78 Å². The second-order valence-corrected chi connectivity index (χ2v) is 15.7. The first kappa shape index (κ1) is 39.1. The van der Waals surface area contributed by atoms with Crippen LogP contribution in [0.15, 0.2) is 18.2 Å². The number of aliphatic hydroxyl groups is 2. The third-order valence-electron chi connectivity index (χ3n) is 12.1. The van der Waals surface area contributed by atoms with Crippen LogP contribution in [-0.4, -0.2) is 123 Å². The van der Waals surface area contributed by atoms with Crippen LogP contribution in [0.25, 0.3) is 0 Å². The Morgan fingerprint density at radius 1 is 0.815 bits per heavy atom. The summed E-state index contributed by atoms with van der Waals surface area (Å²) in [5, 5.41) is 55.9. The van der Waals surface area contributed by atoms with Crippen LogP contribution < -0.4 is 0 Å². The highest BCUT2D eigenvalue weighted by molar-refractivity contribution is 6.31. The molecule has 5 N–H and O–H groups in total. The Morgan fingerprint density at radius 2 is 1.48 bits per heavy atom. The summed E-state index contributed by atoms with van der Waals surface area (Å²) < 4.78 is 38.0. The number of likely N-dealkylation sites (N-methyl/N-ethyl adjacent to an activating group) is 1. The van der Waals surface area contributed by atoms with Gasteiger partial charge in [0.15, 0.2) is 24.7 Å². The number of hydrogen-bond acceptors (Lipinski definition) is 14. The van der Waals surface area contributed by atoms with Crippen molar-refractivity contribution >= 4 is 11.6 Å². The Labute approximate surface area is 314 Å². The van der Waals surface area contributed by atoms with Crippen LogP contribution in [0.4, 0.5) is 0 Å². The number of carbonyl (C=O) groups is 2. The lowest BCUT2D eigenvalue weighted by Crippen LogP contribution is -2.57. The Morgan fingerprint density at radius 3 is 2.17 bits per heavy atom. The number of nitrogens with zero attached hydrogens (tertiary/aromatic N) is 1. The molecule has 0 saturated carbocycles. The molecule has 0 bridgehead atoms. The summed E-state index contributed by atoms with van der Waals surface area (Å²) in [7, 11) is 3.86. The van der Waals surface area contributed by atoms with E-state index in [1.54, 1.807) is 6.92 Å². The second-order valence-electron chi connectivity index (χ2n) is 15.7. The number of carbonyl (C=O) groups excluding carboxylic acids is 2. The zero-order chi connectivity index (χ0) is 38.8. The Balaban J connectivity index is 1.09. The number of aromatic hydroxyl groups is 3. The summed E-state index contributed by atoms with van der Waals surface area (Å²) in [4.78, 5) is 29.4. The van der Waals surface area contributed by atoms with E-state index in [0.717, 1.165) is 0 Å². The van der Waals surface area contributed by atoms with E-state index in [2.05, 4.69) is 0 Å². The van der Waals surface area contributed by atoms with Crippen molar-refractivity contribution in [2.45, 2.75) is 152 Å². The van der Waals surface area contributed by atoms with Gasteiger partial charge in [0.05, 0.1) is 52.8 Å². The Bertz CT molecular complexity index is 1770.